The summed E-state index contributed by atoms with van der Waals surface area (Å²) in [5.74, 6) is -2.54. The number of benzene rings is 2. The van der Waals surface area contributed by atoms with Crippen LogP contribution in [0.15, 0.2) is 34.8 Å². The van der Waals surface area contributed by atoms with Gasteiger partial charge in [0.05, 0.1) is 0 Å². The van der Waals surface area contributed by atoms with Gasteiger partial charge in [-0.3, -0.25) is 0 Å². The van der Waals surface area contributed by atoms with E-state index in [1.807, 2.05) is 0 Å². The molecule has 100 valence electrons. The predicted octanol–water partition coefficient (Wildman–Crippen LogP) is 5.55. The van der Waals surface area contributed by atoms with Crippen molar-refractivity contribution in [3.8, 4) is 11.5 Å². The van der Waals surface area contributed by atoms with Gasteiger partial charge in [-0.1, -0.05) is 31.9 Å². The van der Waals surface area contributed by atoms with Gasteiger partial charge >= 0.3 is 0 Å². The highest BCUT2D eigenvalue weighted by molar-refractivity contribution is 9.10. The van der Waals surface area contributed by atoms with E-state index in [2.05, 4.69) is 31.9 Å². The zero-order valence-electron chi connectivity index (χ0n) is 9.39. The van der Waals surface area contributed by atoms with Crippen LogP contribution in [0.1, 0.15) is 5.56 Å². The fourth-order valence-electron chi connectivity index (χ4n) is 1.48. The summed E-state index contributed by atoms with van der Waals surface area (Å²) in [6.07, 6.45) is 0. The summed E-state index contributed by atoms with van der Waals surface area (Å²) in [5.41, 5.74) is 0.500. The molecule has 0 N–H and O–H groups in total. The molecule has 0 aliphatic rings. The van der Waals surface area contributed by atoms with Gasteiger partial charge < -0.3 is 4.74 Å². The lowest BCUT2D eigenvalue weighted by molar-refractivity contribution is 0.412. The van der Waals surface area contributed by atoms with E-state index in [1.165, 1.54) is 24.3 Å². The quantitative estimate of drug-likeness (QED) is 0.488. The van der Waals surface area contributed by atoms with Gasteiger partial charge in [-0.2, -0.15) is 4.39 Å². The summed E-state index contributed by atoms with van der Waals surface area (Å²) in [6.45, 7) is 0. The lowest BCUT2D eigenvalue weighted by Crippen LogP contribution is -1.95. The Morgan fingerprint density at radius 3 is 2.42 bits per heavy atom. The first-order chi connectivity index (χ1) is 9.01. The molecule has 2 rings (SSSR count). The van der Waals surface area contributed by atoms with Crippen molar-refractivity contribution in [2.45, 2.75) is 5.33 Å². The number of rotatable bonds is 3. The van der Waals surface area contributed by atoms with E-state index in [-0.39, 0.29) is 11.5 Å². The van der Waals surface area contributed by atoms with Crippen molar-refractivity contribution in [1.29, 1.82) is 0 Å². The maximum atomic E-state index is 13.6. The van der Waals surface area contributed by atoms with Gasteiger partial charge in [0.1, 0.15) is 11.6 Å². The van der Waals surface area contributed by atoms with Crippen molar-refractivity contribution >= 4 is 31.9 Å². The summed E-state index contributed by atoms with van der Waals surface area (Å²) < 4.78 is 45.5. The summed E-state index contributed by atoms with van der Waals surface area (Å²) in [4.78, 5) is 0. The SMILES string of the molecule is Fc1ccc(Oc2cc(Br)cc(F)c2F)c(CBr)c1. The van der Waals surface area contributed by atoms with Crippen LogP contribution in [0.25, 0.3) is 0 Å². The zero-order chi connectivity index (χ0) is 14.0. The minimum absolute atomic E-state index is 0.259. The highest BCUT2D eigenvalue weighted by Gasteiger charge is 2.14. The van der Waals surface area contributed by atoms with Crippen LogP contribution in [0.4, 0.5) is 13.2 Å². The molecule has 6 heteroatoms. The first kappa shape index (κ1) is 14.4. The fourth-order valence-corrected chi connectivity index (χ4v) is 2.32. The Balaban J connectivity index is 2.41. The summed E-state index contributed by atoms with van der Waals surface area (Å²) >= 11 is 6.23. The third kappa shape index (κ3) is 3.30. The molecule has 0 saturated carbocycles. The highest BCUT2D eigenvalue weighted by Crippen LogP contribution is 2.32. The molecule has 0 unspecified atom stereocenters. The van der Waals surface area contributed by atoms with Crippen LogP contribution in [-0.4, -0.2) is 0 Å². The van der Waals surface area contributed by atoms with Gasteiger partial charge in [0, 0.05) is 15.4 Å². The number of halogens is 5. The molecule has 0 spiro atoms. The van der Waals surface area contributed by atoms with Crippen molar-refractivity contribution in [2.24, 2.45) is 0 Å². The van der Waals surface area contributed by atoms with Crippen molar-refractivity contribution in [3.05, 3.63) is 57.8 Å². The average Bonchev–Trinajstić information content (AvgIpc) is 2.37. The van der Waals surface area contributed by atoms with Crippen LogP contribution in [0, 0.1) is 17.5 Å². The molecule has 2 aromatic carbocycles. The molecule has 0 radical (unpaired) electrons. The Morgan fingerprint density at radius 2 is 1.74 bits per heavy atom. The average molecular weight is 396 g/mol. The summed E-state index contributed by atoms with van der Waals surface area (Å²) in [5, 5.41) is 0.332. The highest BCUT2D eigenvalue weighted by atomic mass is 79.9. The maximum absolute atomic E-state index is 13.6. The Bertz CT molecular complexity index is 617. The van der Waals surface area contributed by atoms with E-state index in [9.17, 15) is 13.2 Å². The first-order valence-corrected chi connectivity index (χ1v) is 7.09. The molecule has 1 nitrogen and oxygen atoms in total. The first-order valence-electron chi connectivity index (χ1n) is 5.18. The lowest BCUT2D eigenvalue weighted by Gasteiger charge is -2.11. The molecule has 0 amide bonds. The van der Waals surface area contributed by atoms with Gasteiger partial charge in [-0.15, -0.1) is 0 Å². The predicted molar refractivity (Wildman–Crippen MR) is 73.2 cm³/mol. The molecular formula is C13H7Br2F3O. The van der Waals surface area contributed by atoms with Crippen molar-refractivity contribution in [3.63, 3.8) is 0 Å². The minimum Gasteiger partial charge on any atom is -0.454 e. The second-order valence-electron chi connectivity index (χ2n) is 3.69. The molecule has 0 aliphatic carbocycles. The lowest BCUT2D eigenvalue weighted by atomic mass is 10.2. The Kier molecular flexibility index (Phi) is 4.52. The maximum Gasteiger partial charge on any atom is 0.201 e. The monoisotopic (exact) mass is 394 g/mol. The molecule has 0 fully saturated rings. The van der Waals surface area contributed by atoms with E-state index < -0.39 is 17.5 Å². The Hall–Kier alpha value is -1.01. The molecule has 0 bridgehead atoms. The molecule has 0 aliphatic heterocycles. The minimum atomic E-state index is -1.09. The van der Waals surface area contributed by atoms with Gasteiger partial charge in [-0.25, -0.2) is 8.78 Å². The summed E-state index contributed by atoms with van der Waals surface area (Å²) in [6, 6.07) is 6.12. The molecule has 0 heterocycles. The van der Waals surface area contributed by atoms with Crippen LogP contribution in [0.3, 0.4) is 0 Å². The topological polar surface area (TPSA) is 9.23 Å². The van der Waals surface area contributed by atoms with Crippen molar-refractivity contribution in [2.75, 3.05) is 0 Å². The number of alkyl halides is 1. The van der Waals surface area contributed by atoms with Crippen LogP contribution < -0.4 is 4.74 Å². The zero-order valence-corrected chi connectivity index (χ0v) is 12.6. The summed E-state index contributed by atoms with van der Waals surface area (Å²) in [7, 11) is 0. The van der Waals surface area contributed by atoms with E-state index in [0.717, 1.165) is 6.07 Å². The molecular weight excluding hydrogens is 389 g/mol. The third-order valence-corrected chi connectivity index (χ3v) is 3.41. The van der Waals surface area contributed by atoms with Crippen molar-refractivity contribution in [1.82, 2.24) is 0 Å². The molecule has 2 aromatic rings. The number of hydrogen-bond donors (Lipinski definition) is 0. The molecule has 0 saturated heterocycles. The van der Waals surface area contributed by atoms with Gasteiger partial charge in [0.25, 0.3) is 0 Å². The second-order valence-corrected chi connectivity index (χ2v) is 5.16. The Morgan fingerprint density at radius 1 is 1.00 bits per heavy atom. The second kappa shape index (κ2) is 5.96. The Labute approximate surface area is 124 Å². The fraction of sp³-hybridized carbons (Fsp3) is 0.0769. The molecule has 0 atom stereocenters. The third-order valence-electron chi connectivity index (χ3n) is 2.35. The van der Waals surface area contributed by atoms with Crippen LogP contribution >= 0.6 is 31.9 Å². The smallest absolute Gasteiger partial charge is 0.201 e. The molecule has 0 aromatic heterocycles. The van der Waals surface area contributed by atoms with Gasteiger partial charge in [0.15, 0.2) is 11.6 Å². The van der Waals surface area contributed by atoms with E-state index >= 15 is 0 Å². The van der Waals surface area contributed by atoms with Crippen LogP contribution in [-0.2, 0) is 5.33 Å². The van der Waals surface area contributed by atoms with E-state index in [0.29, 0.717) is 15.4 Å². The van der Waals surface area contributed by atoms with Crippen LogP contribution in [0.5, 0.6) is 11.5 Å². The number of hydrogen-bond acceptors (Lipinski definition) is 1. The molecule has 19 heavy (non-hydrogen) atoms. The van der Waals surface area contributed by atoms with Crippen molar-refractivity contribution < 1.29 is 17.9 Å². The number of ether oxygens (including phenoxy) is 1. The normalized spacial score (nSPS) is 10.6. The van der Waals surface area contributed by atoms with E-state index in [4.69, 9.17) is 4.74 Å². The standard InChI is InChI=1S/C13H7Br2F3O/c14-6-7-3-9(16)1-2-11(7)19-12-5-8(15)4-10(17)13(12)18/h1-5H,6H2. The van der Waals surface area contributed by atoms with Crippen LogP contribution in [0.2, 0.25) is 0 Å². The van der Waals surface area contributed by atoms with Gasteiger partial charge in [-0.05, 0) is 30.3 Å². The van der Waals surface area contributed by atoms with Gasteiger partial charge in [0.2, 0.25) is 5.82 Å². The van der Waals surface area contributed by atoms with E-state index in [1.54, 1.807) is 0 Å². The largest absolute Gasteiger partial charge is 0.454 e.